The Kier molecular flexibility index (Phi) is 5.98. The van der Waals surface area contributed by atoms with Gasteiger partial charge in [0, 0.05) is 11.8 Å². The summed E-state index contributed by atoms with van der Waals surface area (Å²) in [5.41, 5.74) is 0.0180. The third-order valence-corrected chi connectivity index (χ3v) is 3.22. The van der Waals surface area contributed by atoms with Crippen molar-refractivity contribution in [3.05, 3.63) is 30.2 Å². The van der Waals surface area contributed by atoms with Crippen LogP contribution in [0.4, 0.5) is 15.4 Å². The highest BCUT2D eigenvalue weighted by Gasteiger charge is 2.28. The van der Waals surface area contributed by atoms with Crippen LogP contribution < -0.4 is 5.32 Å². The van der Waals surface area contributed by atoms with Crippen LogP contribution in [0.3, 0.4) is 0 Å². The van der Waals surface area contributed by atoms with Crippen molar-refractivity contribution in [2.45, 2.75) is 52.7 Å². The molecule has 8 heteroatoms. The first-order valence-corrected chi connectivity index (χ1v) is 8.73. The molecule has 1 aliphatic rings. The van der Waals surface area contributed by atoms with Crippen molar-refractivity contribution in [2.75, 3.05) is 18.5 Å². The third-order valence-electron chi connectivity index (χ3n) is 3.22. The summed E-state index contributed by atoms with van der Waals surface area (Å²) < 4.78 is 16.0. The van der Waals surface area contributed by atoms with Gasteiger partial charge in [0.15, 0.2) is 0 Å². The number of hydrogen-bond acceptors (Lipinski definition) is 6. The SMILES string of the molecule is CC(C)(C)OC(=O)Nc1ccc(C2=COCCN2C(=O)OC(C)(C)C)cn1. The number of carbonyl (C=O) groups excluding carboxylic acids is 2. The molecule has 1 aromatic heterocycles. The molecule has 0 aliphatic carbocycles. The molecule has 0 unspecified atom stereocenters. The average molecular weight is 377 g/mol. The van der Waals surface area contributed by atoms with E-state index >= 15 is 0 Å². The van der Waals surface area contributed by atoms with Gasteiger partial charge in [0.1, 0.15) is 29.9 Å². The van der Waals surface area contributed by atoms with Crippen LogP contribution >= 0.6 is 0 Å². The summed E-state index contributed by atoms with van der Waals surface area (Å²) in [6.45, 7) is 11.5. The Morgan fingerprint density at radius 3 is 2.33 bits per heavy atom. The van der Waals surface area contributed by atoms with Gasteiger partial charge in [-0.15, -0.1) is 0 Å². The van der Waals surface area contributed by atoms with Gasteiger partial charge in [-0.05, 0) is 53.7 Å². The van der Waals surface area contributed by atoms with Crippen molar-refractivity contribution in [1.82, 2.24) is 9.88 Å². The summed E-state index contributed by atoms with van der Waals surface area (Å²) in [6, 6.07) is 3.36. The number of aromatic nitrogens is 1. The van der Waals surface area contributed by atoms with E-state index in [1.165, 1.54) is 11.2 Å². The average Bonchev–Trinajstić information content (AvgIpc) is 2.52. The normalized spacial score (nSPS) is 14.7. The minimum absolute atomic E-state index is 0.342. The van der Waals surface area contributed by atoms with E-state index in [0.29, 0.717) is 30.2 Å². The fourth-order valence-electron chi connectivity index (χ4n) is 2.22. The number of amides is 2. The molecule has 0 fully saturated rings. The van der Waals surface area contributed by atoms with Gasteiger partial charge in [0.25, 0.3) is 0 Å². The zero-order valence-corrected chi connectivity index (χ0v) is 16.7. The van der Waals surface area contributed by atoms with Crippen molar-refractivity contribution in [2.24, 2.45) is 0 Å². The van der Waals surface area contributed by atoms with Gasteiger partial charge in [0.05, 0.1) is 12.2 Å². The van der Waals surface area contributed by atoms with E-state index in [1.807, 2.05) is 20.8 Å². The molecule has 2 rings (SSSR count). The smallest absolute Gasteiger partial charge is 0.415 e. The molecular formula is C19H27N3O5. The highest BCUT2D eigenvalue weighted by Crippen LogP contribution is 2.25. The number of nitrogens with one attached hydrogen (secondary N) is 1. The van der Waals surface area contributed by atoms with Crippen molar-refractivity contribution in [3.63, 3.8) is 0 Å². The number of carbonyl (C=O) groups is 2. The minimum atomic E-state index is -0.597. The highest BCUT2D eigenvalue weighted by molar-refractivity contribution is 5.85. The van der Waals surface area contributed by atoms with Gasteiger partial charge in [0.2, 0.25) is 0 Å². The number of hydrogen-bond donors (Lipinski definition) is 1. The highest BCUT2D eigenvalue weighted by atomic mass is 16.6. The van der Waals surface area contributed by atoms with E-state index in [9.17, 15) is 9.59 Å². The Morgan fingerprint density at radius 1 is 1.11 bits per heavy atom. The lowest BCUT2D eigenvalue weighted by atomic mass is 10.2. The first-order chi connectivity index (χ1) is 12.4. The van der Waals surface area contributed by atoms with Crippen LogP contribution in [0.5, 0.6) is 0 Å². The molecule has 0 spiro atoms. The van der Waals surface area contributed by atoms with Gasteiger partial charge >= 0.3 is 12.2 Å². The van der Waals surface area contributed by atoms with Crippen molar-refractivity contribution >= 4 is 23.7 Å². The molecular weight excluding hydrogens is 350 g/mol. The molecule has 2 heterocycles. The zero-order valence-electron chi connectivity index (χ0n) is 16.7. The summed E-state index contributed by atoms with van der Waals surface area (Å²) >= 11 is 0. The lowest BCUT2D eigenvalue weighted by Crippen LogP contribution is -2.39. The number of rotatable bonds is 2. The van der Waals surface area contributed by atoms with Gasteiger partial charge in [-0.25, -0.2) is 14.6 Å². The summed E-state index contributed by atoms with van der Waals surface area (Å²) in [4.78, 5) is 30.0. The fraction of sp³-hybridized carbons (Fsp3) is 0.526. The Morgan fingerprint density at radius 2 is 1.78 bits per heavy atom. The third kappa shape index (κ3) is 6.47. The maximum Gasteiger partial charge on any atom is 0.415 e. The van der Waals surface area contributed by atoms with Crippen molar-refractivity contribution in [3.8, 4) is 0 Å². The molecule has 148 valence electrons. The molecule has 0 bridgehead atoms. The van der Waals surface area contributed by atoms with E-state index in [4.69, 9.17) is 14.2 Å². The van der Waals surface area contributed by atoms with E-state index in [2.05, 4.69) is 10.3 Å². The molecule has 8 nitrogen and oxygen atoms in total. The second-order valence-corrected chi connectivity index (χ2v) is 8.06. The van der Waals surface area contributed by atoms with Crippen LogP contribution in [0.1, 0.15) is 47.1 Å². The van der Waals surface area contributed by atoms with Crippen LogP contribution in [-0.4, -0.2) is 46.4 Å². The second kappa shape index (κ2) is 7.85. The molecule has 2 amide bonds. The Labute approximate surface area is 159 Å². The van der Waals surface area contributed by atoms with E-state index in [1.54, 1.807) is 39.1 Å². The van der Waals surface area contributed by atoms with Gasteiger partial charge in [-0.1, -0.05) is 0 Å². The van der Waals surface area contributed by atoms with Crippen molar-refractivity contribution in [1.29, 1.82) is 0 Å². The van der Waals surface area contributed by atoms with Crippen LogP contribution in [0.25, 0.3) is 5.70 Å². The van der Waals surface area contributed by atoms with E-state index < -0.39 is 23.4 Å². The molecule has 0 aromatic carbocycles. The monoisotopic (exact) mass is 377 g/mol. The van der Waals surface area contributed by atoms with E-state index in [-0.39, 0.29) is 0 Å². The lowest BCUT2D eigenvalue weighted by molar-refractivity contribution is 0.0296. The first-order valence-electron chi connectivity index (χ1n) is 8.73. The standard InChI is InChI=1S/C19H27N3O5/c1-18(2,3)26-16(23)21-15-8-7-13(11-20-15)14-12-25-10-9-22(14)17(24)27-19(4,5)6/h7-8,11-12H,9-10H2,1-6H3,(H,20,21,23). The predicted molar refractivity (Wildman–Crippen MR) is 101 cm³/mol. The predicted octanol–water partition coefficient (Wildman–Crippen LogP) is 3.99. The Balaban J connectivity index is 2.11. The van der Waals surface area contributed by atoms with Crippen LogP contribution in [0.2, 0.25) is 0 Å². The Hall–Kier alpha value is -2.77. The maximum atomic E-state index is 12.5. The second-order valence-electron chi connectivity index (χ2n) is 8.06. The lowest BCUT2D eigenvalue weighted by Gasteiger charge is -2.31. The number of anilines is 1. The summed E-state index contributed by atoms with van der Waals surface area (Å²) in [6.07, 6.45) is 2.02. The molecule has 0 saturated heterocycles. The van der Waals surface area contributed by atoms with Crippen LogP contribution in [0.15, 0.2) is 24.6 Å². The molecule has 1 N–H and O–H groups in total. The molecule has 0 saturated carbocycles. The fourth-order valence-corrected chi connectivity index (χ4v) is 2.22. The van der Waals surface area contributed by atoms with Gasteiger partial charge in [-0.2, -0.15) is 0 Å². The number of nitrogens with zero attached hydrogens (tertiary/aromatic N) is 2. The zero-order chi connectivity index (χ0) is 20.2. The van der Waals surface area contributed by atoms with Gasteiger partial charge in [-0.3, -0.25) is 10.2 Å². The largest absolute Gasteiger partial charge is 0.497 e. The number of ether oxygens (including phenoxy) is 3. The number of pyridine rings is 1. The Bertz CT molecular complexity index is 714. The minimum Gasteiger partial charge on any atom is -0.497 e. The molecule has 0 atom stereocenters. The topological polar surface area (TPSA) is 90.0 Å². The summed E-state index contributed by atoms with van der Waals surface area (Å²) in [5.74, 6) is 0.342. The first kappa shape index (κ1) is 20.5. The molecule has 1 aliphatic heterocycles. The van der Waals surface area contributed by atoms with Gasteiger partial charge < -0.3 is 14.2 Å². The molecule has 0 radical (unpaired) electrons. The molecule has 1 aromatic rings. The maximum absolute atomic E-state index is 12.5. The summed E-state index contributed by atoms with van der Waals surface area (Å²) in [7, 11) is 0. The van der Waals surface area contributed by atoms with Crippen molar-refractivity contribution < 1.29 is 23.8 Å². The van der Waals surface area contributed by atoms with E-state index in [0.717, 1.165) is 0 Å². The van der Waals surface area contributed by atoms with Crippen LogP contribution in [0, 0.1) is 0 Å². The quantitative estimate of drug-likeness (QED) is 0.838. The summed E-state index contributed by atoms with van der Waals surface area (Å²) in [5, 5.41) is 2.57. The van der Waals surface area contributed by atoms with Crippen LogP contribution in [-0.2, 0) is 14.2 Å². The molecule has 27 heavy (non-hydrogen) atoms.